The summed E-state index contributed by atoms with van der Waals surface area (Å²) in [4.78, 5) is 28.6. The highest BCUT2D eigenvalue weighted by molar-refractivity contribution is 7.14. The number of likely N-dealkylation sites (tertiary alicyclic amines) is 1. The van der Waals surface area contributed by atoms with Crippen molar-refractivity contribution in [2.45, 2.75) is 33.1 Å². The first-order valence-electron chi connectivity index (χ1n) is 9.23. The average molecular weight is 367 g/mol. The maximum atomic E-state index is 12.3. The summed E-state index contributed by atoms with van der Waals surface area (Å²) in [5, 5.41) is 8.75. The minimum atomic E-state index is -0.0690. The van der Waals surface area contributed by atoms with Gasteiger partial charge in [-0.05, 0) is 56.4 Å². The maximum Gasteiger partial charge on any atom is 0.322 e. The van der Waals surface area contributed by atoms with Gasteiger partial charge >= 0.3 is 6.03 Å². The first-order valence-corrected chi connectivity index (χ1v) is 10.1. The summed E-state index contributed by atoms with van der Waals surface area (Å²) in [5.41, 5.74) is 0. The molecule has 0 aromatic carbocycles. The third-order valence-electron chi connectivity index (χ3n) is 4.75. The van der Waals surface area contributed by atoms with Crippen LogP contribution in [0.4, 0.5) is 9.80 Å². The molecule has 6 nitrogen and oxygen atoms in total. The molecule has 1 aromatic heterocycles. The van der Waals surface area contributed by atoms with E-state index >= 15 is 0 Å². The van der Waals surface area contributed by atoms with E-state index in [9.17, 15) is 9.59 Å². The summed E-state index contributed by atoms with van der Waals surface area (Å²) in [7, 11) is 0. The lowest BCUT2D eigenvalue weighted by atomic mass is 9.96. The molecule has 0 aliphatic carbocycles. The van der Waals surface area contributed by atoms with Gasteiger partial charge in [0, 0.05) is 25.6 Å². The molecular weight excluding hydrogens is 336 g/mol. The van der Waals surface area contributed by atoms with Crippen LogP contribution in [0.25, 0.3) is 0 Å². The van der Waals surface area contributed by atoms with E-state index in [0.29, 0.717) is 13.1 Å². The summed E-state index contributed by atoms with van der Waals surface area (Å²) in [6.07, 6.45) is 2.45. The highest BCUT2D eigenvalue weighted by Gasteiger charge is 2.27. The molecule has 0 atom stereocenters. The quantitative estimate of drug-likeness (QED) is 0.696. The second kappa shape index (κ2) is 10.4. The smallest absolute Gasteiger partial charge is 0.322 e. The fourth-order valence-corrected chi connectivity index (χ4v) is 3.68. The van der Waals surface area contributed by atoms with Crippen LogP contribution in [0.5, 0.6) is 0 Å². The molecule has 0 radical (unpaired) electrons. The molecule has 1 aliphatic heterocycles. The van der Waals surface area contributed by atoms with Gasteiger partial charge in [-0.2, -0.15) is 0 Å². The predicted molar refractivity (Wildman–Crippen MR) is 103 cm³/mol. The van der Waals surface area contributed by atoms with Crippen molar-refractivity contribution in [1.82, 2.24) is 15.1 Å². The topological polar surface area (TPSA) is 64.7 Å². The number of nitrogens with zero attached hydrogens (tertiary/aromatic N) is 2. The van der Waals surface area contributed by atoms with Gasteiger partial charge in [0.05, 0.1) is 5.00 Å². The number of hydrogen-bond donors (Lipinski definition) is 2. The second-order valence-electron chi connectivity index (χ2n) is 6.34. The fourth-order valence-electron chi connectivity index (χ4n) is 3.08. The van der Waals surface area contributed by atoms with Crippen LogP contribution >= 0.6 is 11.3 Å². The van der Waals surface area contributed by atoms with E-state index in [-0.39, 0.29) is 17.9 Å². The van der Waals surface area contributed by atoms with E-state index in [2.05, 4.69) is 29.4 Å². The van der Waals surface area contributed by atoms with Gasteiger partial charge in [-0.1, -0.05) is 13.8 Å². The number of thiophene rings is 1. The standard InChI is InChI=1S/C18H30N4O2S/c1-3-21(4-2)11-6-10-19-17(23)15-8-12-22(13-9-15)18(24)20-16-7-5-14-25-16/h5,7,14-15H,3-4,6,8-13H2,1-2H3,(H,19,23)(H,20,24). The van der Waals surface area contributed by atoms with E-state index in [1.807, 2.05) is 17.5 Å². The van der Waals surface area contributed by atoms with Crippen LogP contribution in [-0.2, 0) is 4.79 Å². The van der Waals surface area contributed by atoms with Crippen LogP contribution < -0.4 is 10.6 Å². The number of carbonyl (C=O) groups is 2. The Morgan fingerprint density at radius 2 is 2.00 bits per heavy atom. The lowest BCUT2D eigenvalue weighted by molar-refractivity contribution is -0.126. The maximum absolute atomic E-state index is 12.3. The number of nitrogens with one attached hydrogen (secondary N) is 2. The van der Waals surface area contributed by atoms with Gasteiger partial charge in [0.1, 0.15) is 0 Å². The molecule has 140 valence electrons. The number of piperidine rings is 1. The Bertz CT molecular complexity index is 523. The summed E-state index contributed by atoms with van der Waals surface area (Å²) in [6.45, 7) is 9.44. The second-order valence-corrected chi connectivity index (χ2v) is 7.29. The van der Waals surface area contributed by atoms with Crippen LogP contribution in [0.2, 0.25) is 0 Å². The zero-order valence-electron chi connectivity index (χ0n) is 15.3. The highest BCUT2D eigenvalue weighted by Crippen LogP contribution is 2.20. The summed E-state index contributed by atoms with van der Waals surface area (Å²) in [5.74, 6) is 0.164. The number of anilines is 1. The van der Waals surface area contributed by atoms with Crippen molar-refractivity contribution in [3.8, 4) is 0 Å². The zero-order chi connectivity index (χ0) is 18.1. The van der Waals surface area contributed by atoms with Gasteiger partial charge in [0.15, 0.2) is 0 Å². The number of rotatable bonds is 8. The summed E-state index contributed by atoms with van der Waals surface area (Å²) < 4.78 is 0. The molecule has 0 saturated carbocycles. The van der Waals surface area contributed by atoms with Crippen LogP contribution in [0.15, 0.2) is 17.5 Å². The van der Waals surface area contributed by atoms with Gasteiger partial charge in [0.2, 0.25) is 5.91 Å². The predicted octanol–water partition coefficient (Wildman–Crippen LogP) is 2.84. The average Bonchev–Trinajstić information content (AvgIpc) is 3.14. The first-order chi connectivity index (χ1) is 12.1. The van der Waals surface area contributed by atoms with Gasteiger partial charge in [0.25, 0.3) is 0 Å². The molecule has 1 saturated heterocycles. The third-order valence-corrected chi connectivity index (χ3v) is 5.53. The first kappa shape index (κ1) is 19.7. The molecule has 2 heterocycles. The van der Waals surface area contributed by atoms with Crippen LogP contribution in [0, 0.1) is 5.92 Å². The minimum absolute atomic E-state index is 0.0271. The molecule has 0 unspecified atom stereocenters. The fraction of sp³-hybridized carbons (Fsp3) is 0.667. The number of carbonyl (C=O) groups excluding carboxylic acids is 2. The third kappa shape index (κ3) is 6.32. The lowest BCUT2D eigenvalue weighted by Crippen LogP contribution is -2.44. The number of urea groups is 1. The normalized spacial score (nSPS) is 15.4. The molecule has 7 heteroatoms. The van der Waals surface area contributed by atoms with Crippen molar-refractivity contribution < 1.29 is 9.59 Å². The van der Waals surface area contributed by atoms with Crippen molar-refractivity contribution in [2.24, 2.45) is 5.92 Å². The minimum Gasteiger partial charge on any atom is -0.356 e. The summed E-state index contributed by atoms with van der Waals surface area (Å²) >= 11 is 1.51. The molecule has 2 rings (SSSR count). The van der Waals surface area contributed by atoms with Crippen LogP contribution in [-0.4, -0.2) is 61.0 Å². The van der Waals surface area contributed by atoms with Crippen molar-refractivity contribution in [1.29, 1.82) is 0 Å². The van der Waals surface area contributed by atoms with Crippen LogP contribution in [0.3, 0.4) is 0 Å². The molecule has 0 bridgehead atoms. The molecular formula is C18H30N4O2S. The Balaban J connectivity index is 1.63. The van der Waals surface area contributed by atoms with Crippen molar-refractivity contribution in [3.63, 3.8) is 0 Å². The van der Waals surface area contributed by atoms with Gasteiger partial charge in [-0.3, -0.25) is 10.1 Å². The Kier molecular flexibility index (Phi) is 8.21. The molecule has 1 aromatic rings. The SMILES string of the molecule is CCN(CC)CCCNC(=O)C1CCN(C(=O)Nc2cccs2)CC1. The molecule has 3 amide bonds. The molecule has 1 fully saturated rings. The van der Waals surface area contributed by atoms with Crippen molar-refractivity contribution >= 4 is 28.3 Å². The molecule has 0 spiro atoms. The van der Waals surface area contributed by atoms with E-state index in [0.717, 1.165) is 50.4 Å². The molecule has 25 heavy (non-hydrogen) atoms. The number of hydrogen-bond acceptors (Lipinski definition) is 4. The zero-order valence-corrected chi connectivity index (χ0v) is 16.1. The Hall–Kier alpha value is -1.60. The molecule has 2 N–H and O–H groups in total. The number of amides is 3. The van der Waals surface area contributed by atoms with E-state index in [1.165, 1.54) is 11.3 Å². The van der Waals surface area contributed by atoms with Gasteiger partial charge in [-0.15, -0.1) is 11.3 Å². The van der Waals surface area contributed by atoms with Crippen molar-refractivity contribution in [3.05, 3.63) is 17.5 Å². The van der Waals surface area contributed by atoms with E-state index < -0.39 is 0 Å². The van der Waals surface area contributed by atoms with Gasteiger partial charge in [-0.25, -0.2) is 4.79 Å². The largest absolute Gasteiger partial charge is 0.356 e. The molecule has 1 aliphatic rings. The monoisotopic (exact) mass is 366 g/mol. The van der Waals surface area contributed by atoms with Crippen molar-refractivity contribution in [2.75, 3.05) is 44.6 Å². The highest BCUT2D eigenvalue weighted by atomic mass is 32.1. The summed E-state index contributed by atoms with van der Waals surface area (Å²) in [6, 6.07) is 3.73. The van der Waals surface area contributed by atoms with E-state index in [1.54, 1.807) is 4.90 Å². The van der Waals surface area contributed by atoms with Crippen LogP contribution in [0.1, 0.15) is 33.1 Å². The lowest BCUT2D eigenvalue weighted by Gasteiger charge is -2.31. The Morgan fingerprint density at radius 1 is 1.28 bits per heavy atom. The Morgan fingerprint density at radius 3 is 2.60 bits per heavy atom. The van der Waals surface area contributed by atoms with Gasteiger partial charge < -0.3 is 15.1 Å². The van der Waals surface area contributed by atoms with E-state index in [4.69, 9.17) is 0 Å². The Labute approximate surface area is 154 Å².